The first-order chi connectivity index (χ1) is 15.5. The third-order valence-corrected chi connectivity index (χ3v) is 7.42. The van der Waals surface area contributed by atoms with Crippen LogP contribution in [0.25, 0.3) is 0 Å². The topological polar surface area (TPSA) is 82.6 Å². The Hall–Kier alpha value is -3.07. The summed E-state index contributed by atoms with van der Waals surface area (Å²) in [6, 6.07) is 19.9. The van der Waals surface area contributed by atoms with Gasteiger partial charge in [0, 0.05) is 57.2 Å². The largest absolute Gasteiger partial charge is 0.348 e. The lowest BCUT2D eigenvalue weighted by molar-refractivity contribution is 0.0950. The van der Waals surface area contributed by atoms with Crippen LogP contribution in [-0.4, -0.2) is 54.7 Å². The van der Waals surface area contributed by atoms with Gasteiger partial charge in [0.1, 0.15) is 0 Å². The van der Waals surface area contributed by atoms with Crippen LogP contribution in [0.2, 0.25) is 0 Å². The number of nitrogens with zero attached hydrogens (tertiary/aromatic N) is 3. The average Bonchev–Trinajstić information content (AvgIpc) is 2.84. The monoisotopic (exact) mass is 450 g/mol. The Bertz CT molecular complexity index is 1150. The molecule has 0 saturated carbocycles. The molecule has 3 aromatic rings. The fraction of sp³-hybridized carbons (Fsp3) is 0.250. The Morgan fingerprint density at radius 1 is 0.875 bits per heavy atom. The highest BCUT2D eigenvalue weighted by molar-refractivity contribution is 7.89. The molecule has 1 aliphatic heterocycles. The van der Waals surface area contributed by atoms with Gasteiger partial charge in [-0.2, -0.15) is 4.31 Å². The van der Waals surface area contributed by atoms with Gasteiger partial charge in [0.05, 0.1) is 4.90 Å². The lowest BCUT2D eigenvalue weighted by Crippen LogP contribution is -2.48. The highest BCUT2D eigenvalue weighted by atomic mass is 32.2. The van der Waals surface area contributed by atoms with Crippen molar-refractivity contribution in [2.24, 2.45) is 0 Å². The van der Waals surface area contributed by atoms with Crippen LogP contribution in [0.15, 0.2) is 84.0 Å². The number of hydrogen-bond acceptors (Lipinski definition) is 5. The second-order valence-corrected chi connectivity index (χ2v) is 9.67. The van der Waals surface area contributed by atoms with E-state index in [1.165, 1.54) is 0 Å². The molecule has 4 rings (SSSR count). The zero-order valence-corrected chi connectivity index (χ0v) is 18.5. The molecule has 2 heterocycles. The molecule has 1 aromatic heterocycles. The quantitative estimate of drug-likeness (QED) is 0.598. The summed E-state index contributed by atoms with van der Waals surface area (Å²) >= 11 is 0. The number of sulfonamides is 1. The zero-order chi connectivity index (χ0) is 22.4. The predicted molar refractivity (Wildman–Crippen MR) is 122 cm³/mol. The summed E-state index contributed by atoms with van der Waals surface area (Å²) in [4.78, 5) is 19.1. The molecule has 0 spiro atoms. The van der Waals surface area contributed by atoms with E-state index in [0.717, 1.165) is 11.1 Å². The Kier molecular flexibility index (Phi) is 6.94. The second-order valence-electron chi connectivity index (χ2n) is 7.73. The molecule has 8 heteroatoms. The molecular weight excluding hydrogens is 424 g/mol. The smallest absolute Gasteiger partial charge is 0.251 e. The normalized spacial score (nSPS) is 15.4. The molecule has 1 saturated heterocycles. The number of hydrogen-bond donors (Lipinski definition) is 1. The van der Waals surface area contributed by atoms with Crippen LogP contribution in [-0.2, 0) is 23.1 Å². The number of pyridine rings is 1. The van der Waals surface area contributed by atoms with Gasteiger partial charge in [-0.3, -0.25) is 14.7 Å². The summed E-state index contributed by atoms with van der Waals surface area (Å²) in [6.45, 7) is 3.30. The Balaban J connectivity index is 1.32. The molecule has 1 N–H and O–H groups in total. The number of amides is 1. The fourth-order valence-electron chi connectivity index (χ4n) is 3.72. The maximum absolute atomic E-state index is 12.8. The van der Waals surface area contributed by atoms with Gasteiger partial charge in [-0.25, -0.2) is 8.42 Å². The van der Waals surface area contributed by atoms with Crippen molar-refractivity contribution >= 4 is 15.9 Å². The van der Waals surface area contributed by atoms with Crippen molar-refractivity contribution < 1.29 is 13.2 Å². The van der Waals surface area contributed by atoms with Crippen LogP contribution in [0.5, 0.6) is 0 Å². The number of carbonyl (C=O) groups excluding carboxylic acids is 1. The van der Waals surface area contributed by atoms with Gasteiger partial charge >= 0.3 is 0 Å². The SMILES string of the molecule is O=C(NCc1ccncc1)c1cccc(CN2CCN(S(=O)(=O)c3ccccc3)CC2)c1. The van der Waals surface area contributed by atoms with E-state index in [0.29, 0.717) is 49.7 Å². The van der Waals surface area contributed by atoms with Crippen molar-refractivity contribution in [3.05, 3.63) is 95.8 Å². The third kappa shape index (κ3) is 5.40. The number of aromatic nitrogens is 1. The molecule has 7 nitrogen and oxygen atoms in total. The number of carbonyl (C=O) groups is 1. The van der Waals surface area contributed by atoms with Gasteiger partial charge in [0.2, 0.25) is 10.0 Å². The summed E-state index contributed by atoms with van der Waals surface area (Å²) in [5.74, 6) is -0.123. The summed E-state index contributed by atoms with van der Waals surface area (Å²) in [5.41, 5.74) is 2.63. The minimum atomic E-state index is -3.46. The van der Waals surface area contributed by atoms with Crippen molar-refractivity contribution in [3.63, 3.8) is 0 Å². The van der Waals surface area contributed by atoms with E-state index in [-0.39, 0.29) is 5.91 Å². The minimum absolute atomic E-state index is 0.123. The Labute approximate surface area is 188 Å². The van der Waals surface area contributed by atoms with Gasteiger partial charge < -0.3 is 5.32 Å². The molecule has 0 radical (unpaired) electrons. The van der Waals surface area contributed by atoms with Gasteiger partial charge in [-0.05, 0) is 47.5 Å². The van der Waals surface area contributed by atoms with Crippen LogP contribution in [0.1, 0.15) is 21.5 Å². The molecule has 166 valence electrons. The molecule has 1 fully saturated rings. The van der Waals surface area contributed by atoms with Crippen LogP contribution in [0, 0.1) is 0 Å². The maximum Gasteiger partial charge on any atom is 0.251 e. The van der Waals surface area contributed by atoms with Crippen molar-refractivity contribution in [3.8, 4) is 0 Å². The first-order valence-corrected chi connectivity index (χ1v) is 12.0. The van der Waals surface area contributed by atoms with Crippen LogP contribution >= 0.6 is 0 Å². The number of benzene rings is 2. The lowest BCUT2D eigenvalue weighted by atomic mass is 10.1. The standard InChI is InChI=1S/C24H26N4O3S/c29-24(26-18-20-9-11-25-12-10-20)22-6-4-5-21(17-22)19-27-13-15-28(16-14-27)32(30,31)23-7-2-1-3-8-23/h1-12,17H,13-16,18-19H2,(H,26,29). The number of rotatable bonds is 7. The number of piperazine rings is 1. The lowest BCUT2D eigenvalue weighted by Gasteiger charge is -2.34. The van der Waals surface area contributed by atoms with Crippen molar-refractivity contribution in [2.45, 2.75) is 18.0 Å². The van der Waals surface area contributed by atoms with E-state index < -0.39 is 10.0 Å². The van der Waals surface area contributed by atoms with E-state index in [2.05, 4.69) is 15.2 Å². The van der Waals surface area contributed by atoms with Gasteiger partial charge in [0.15, 0.2) is 0 Å². The Morgan fingerprint density at radius 3 is 2.31 bits per heavy atom. The number of nitrogens with one attached hydrogen (secondary N) is 1. The van der Waals surface area contributed by atoms with Gasteiger partial charge in [0.25, 0.3) is 5.91 Å². The first kappa shape index (κ1) is 22.1. The third-order valence-electron chi connectivity index (χ3n) is 5.51. The summed E-state index contributed by atoms with van der Waals surface area (Å²) < 4.78 is 27.1. The predicted octanol–water partition coefficient (Wildman–Crippen LogP) is 2.52. The molecule has 0 aliphatic carbocycles. The van der Waals surface area contributed by atoms with Gasteiger partial charge in [-0.1, -0.05) is 30.3 Å². The van der Waals surface area contributed by atoms with Crippen LogP contribution in [0.3, 0.4) is 0 Å². The molecule has 2 aromatic carbocycles. The van der Waals surface area contributed by atoms with E-state index in [9.17, 15) is 13.2 Å². The molecule has 1 amide bonds. The van der Waals surface area contributed by atoms with E-state index >= 15 is 0 Å². The van der Waals surface area contributed by atoms with Crippen LogP contribution in [0.4, 0.5) is 0 Å². The highest BCUT2D eigenvalue weighted by Crippen LogP contribution is 2.18. The molecule has 32 heavy (non-hydrogen) atoms. The van der Waals surface area contributed by atoms with E-state index in [1.54, 1.807) is 47.0 Å². The first-order valence-electron chi connectivity index (χ1n) is 10.6. The second kappa shape index (κ2) is 10.0. The molecule has 0 unspecified atom stereocenters. The maximum atomic E-state index is 12.8. The highest BCUT2D eigenvalue weighted by Gasteiger charge is 2.28. The molecular formula is C24H26N4O3S. The van der Waals surface area contributed by atoms with Crippen molar-refractivity contribution in [1.29, 1.82) is 0 Å². The van der Waals surface area contributed by atoms with E-state index in [1.807, 2.05) is 36.4 Å². The molecule has 0 atom stereocenters. The van der Waals surface area contributed by atoms with Gasteiger partial charge in [-0.15, -0.1) is 0 Å². The summed E-state index contributed by atoms with van der Waals surface area (Å²) in [7, 11) is -3.46. The molecule has 0 bridgehead atoms. The summed E-state index contributed by atoms with van der Waals surface area (Å²) in [5, 5.41) is 2.93. The van der Waals surface area contributed by atoms with E-state index in [4.69, 9.17) is 0 Å². The Morgan fingerprint density at radius 2 is 1.59 bits per heavy atom. The molecule has 1 aliphatic rings. The van der Waals surface area contributed by atoms with Crippen LogP contribution < -0.4 is 5.32 Å². The fourth-order valence-corrected chi connectivity index (χ4v) is 5.17. The van der Waals surface area contributed by atoms with Crippen molar-refractivity contribution in [1.82, 2.24) is 19.5 Å². The van der Waals surface area contributed by atoms with Crippen molar-refractivity contribution in [2.75, 3.05) is 26.2 Å². The minimum Gasteiger partial charge on any atom is -0.348 e. The summed E-state index contributed by atoms with van der Waals surface area (Å²) in [6.07, 6.45) is 3.40. The zero-order valence-electron chi connectivity index (χ0n) is 17.7. The average molecular weight is 451 g/mol.